The van der Waals surface area contributed by atoms with E-state index in [4.69, 9.17) is 0 Å². The van der Waals surface area contributed by atoms with E-state index < -0.39 is 12.0 Å². The van der Waals surface area contributed by atoms with Crippen LogP contribution in [0.1, 0.15) is 42.6 Å². The van der Waals surface area contributed by atoms with Gasteiger partial charge in [-0.1, -0.05) is 12.8 Å². The normalized spacial score (nSPS) is 15.4. The highest BCUT2D eigenvalue weighted by Crippen LogP contribution is 2.33. The molecule has 128 valence electrons. The lowest BCUT2D eigenvalue weighted by atomic mass is 10.1. The number of fused-ring (bicyclic) bond motifs is 1. The van der Waals surface area contributed by atoms with Gasteiger partial charge in [-0.2, -0.15) is 10.1 Å². The van der Waals surface area contributed by atoms with Crippen LogP contribution in [0.15, 0.2) is 6.33 Å². The second-order valence-electron chi connectivity index (χ2n) is 6.37. The minimum absolute atomic E-state index is 0.220. The first kappa shape index (κ1) is 16.4. The van der Waals surface area contributed by atoms with Gasteiger partial charge in [0, 0.05) is 17.8 Å². The standard InChI is InChI=1S/C16H21N5O3/c1-9-12(10(2)21-16(19-9)17-8-18-21)5-6-14(22)20-13(15(23)24)7-11-3-4-11/h8,11,13H,3-7H2,1-2H3,(H,20,22)(H,23,24). The molecule has 0 aliphatic heterocycles. The third kappa shape index (κ3) is 3.52. The highest BCUT2D eigenvalue weighted by atomic mass is 16.4. The van der Waals surface area contributed by atoms with Crippen molar-refractivity contribution >= 4 is 17.7 Å². The molecule has 1 saturated carbocycles. The monoisotopic (exact) mass is 331 g/mol. The molecule has 2 heterocycles. The van der Waals surface area contributed by atoms with Gasteiger partial charge in [-0.05, 0) is 38.2 Å². The van der Waals surface area contributed by atoms with Crippen LogP contribution in [0.5, 0.6) is 0 Å². The van der Waals surface area contributed by atoms with Gasteiger partial charge in [-0.15, -0.1) is 0 Å². The van der Waals surface area contributed by atoms with Crippen molar-refractivity contribution in [2.45, 2.75) is 52.0 Å². The molecule has 0 saturated heterocycles. The average Bonchev–Trinajstić information content (AvgIpc) is 3.21. The summed E-state index contributed by atoms with van der Waals surface area (Å²) in [4.78, 5) is 31.8. The van der Waals surface area contributed by atoms with Gasteiger partial charge in [-0.3, -0.25) is 4.79 Å². The van der Waals surface area contributed by atoms with E-state index in [1.165, 1.54) is 6.33 Å². The number of nitrogens with zero attached hydrogens (tertiary/aromatic N) is 4. The molecule has 0 aromatic carbocycles. The van der Waals surface area contributed by atoms with Gasteiger partial charge in [0.25, 0.3) is 5.78 Å². The van der Waals surface area contributed by atoms with Crippen molar-refractivity contribution in [2.24, 2.45) is 5.92 Å². The number of hydrogen-bond donors (Lipinski definition) is 2. The Hall–Kier alpha value is -2.51. The third-order valence-electron chi connectivity index (χ3n) is 4.49. The number of aryl methyl sites for hydroxylation is 2. The number of rotatable bonds is 7. The van der Waals surface area contributed by atoms with Gasteiger partial charge in [0.1, 0.15) is 12.4 Å². The van der Waals surface area contributed by atoms with Crippen molar-refractivity contribution in [1.82, 2.24) is 24.9 Å². The molecule has 1 aliphatic carbocycles. The molecule has 0 spiro atoms. The average molecular weight is 331 g/mol. The first-order valence-electron chi connectivity index (χ1n) is 8.13. The molecule has 2 aromatic heterocycles. The van der Waals surface area contributed by atoms with Gasteiger partial charge in [0.15, 0.2) is 0 Å². The number of carboxylic acid groups (broad SMARTS) is 1. The van der Waals surface area contributed by atoms with Crippen LogP contribution in [0.2, 0.25) is 0 Å². The molecule has 1 unspecified atom stereocenters. The van der Waals surface area contributed by atoms with Crippen LogP contribution in [0.25, 0.3) is 5.78 Å². The first-order chi connectivity index (χ1) is 11.5. The number of aliphatic carboxylic acids is 1. The molecule has 24 heavy (non-hydrogen) atoms. The zero-order chi connectivity index (χ0) is 17.3. The molecule has 8 nitrogen and oxygen atoms in total. The Morgan fingerprint density at radius 3 is 2.83 bits per heavy atom. The minimum Gasteiger partial charge on any atom is -0.480 e. The molecule has 1 amide bonds. The topological polar surface area (TPSA) is 109 Å². The van der Waals surface area contributed by atoms with E-state index in [-0.39, 0.29) is 12.3 Å². The fraction of sp³-hybridized carbons (Fsp3) is 0.562. The maximum absolute atomic E-state index is 12.1. The summed E-state index contributed by atoms with van der Waals surface area (Å²) in [6.45, 7) is 3.79. The second kappa shape index (κ2) is 6.54. The summed E-state index contributed by atoms with van der Waals surface area (Å²) in [5.74, 6) is -0.239. The maximum Gasteiger partial charge on any atom is 0.326 e. The van der Waals surface area contributed by atoms with Crippen LogP contribution in [-0.2, 0) is 16.0 Å². The van der Waals surface area contributed by atoms with Crippen LogP contribution in [0, 0.1) is 19.8 Å². The Kier molecular flexibility index (Phi) is 4.46. The first-order valence-corrected chi connectivity index (χ1v) is 8.13. The Balaban J connectivity index is 1.64. The number of carbonyl (C=O) groups excluding carboxylic acids is 1. The smallest absolute Gasteiger partial charge is 0.326 e. The summed E-state index contributed by atoms with van der Waals surface area (Å²) in [7, 11) is 0. The highest BCUT2D eigenvalue weighted by molar-refractivity contribution is 5.83. The van der Waals surface area contributed by atoms with Crippen molar-refractivity contribution in [1.29, 1.82) is 0 Å². The molecule has 0 radical (unpaired) electrons. The van der Waals surface area contributed by atoms with E-state index in [0.29, 0.717) is 24.5 Å². The number of carboxylic acids is 1. The zero-order valence-corrected chi connectivity index (χ0v) is 13.8. The van der Waals surface area contributed by atoms with E-state index in [9.17, 15) is 14.7 Å². The highest BCUT2D eigenvalue weighted by Gasteiger charge is 2.30. The molecule has 2 aromatic rings. The minimum atomic E-state index is -0.965. The second-order valence-corrected chi connectivity index (χ2v) is 6.37. The maximum atomic E-state index is 12.1. The van der Waals surface area contributed by atoms with Crippen molar-refractivity contribution < 1.29 is 14.7 Å². The molecule has 2 N–H and O–H groups in total. The molecule has 8 heteroatoms. The molecule has 1 aliphatic rings. The summed E-state index contributed by atoms with van der Waals surface area (Å²) in [6.07, 6.45) is 4.79. The molecule has 1 fully saturated rings. The summed E-state index contributed by atoms with van der Waals surface area (Å²) >= 11 is 0. The van der Waals surface area contributed by atoms with Crippen LogP contribution in [0.3, 0.4) is 0 Å². The largest absolute Gasteiger partial charge is 0.480 e. The van der Waals surface area contributed by atoms with Crippen LogP contribution in [-0.4, -0.2) is 42.6 Å². The van der Waals surface area contributed by atoms with Crippen LogP contribution in [0.4, 0.5) is 0 Å². The van der Waals surface area contributed by atoms with Crippen LogP contribution >= 0.6 is 0 Å². The van der Waals surface area contributed by atoms with Gasteiger partial charge < -0.3 is 10.4 Å². The molecular formula is C16H21N5O3. The summed E-state index contributed by atoms with van der Waals surface area (Å²) < 4.78 is 1.65. The lowest BCUT2D eigenvalue weighted by Gasteiger charge is -2.15. The number of nitrogens with one attached hydrogen (secondary N) is 1. The fourth-order valence-electron chi connectivity index (χ4n) is 2.93. The predicted octanol–water partition coefficient (Wildman–Crippen LogP) is 1.04. The summed E-state index contributed by atoms with van der Waals surface area (Å²) in [5.41, 5.74) is 2.65. The van der Waals surface area contributed by atoms with E-state index in [0.717, 1.165) is 29.8 Å². The summed E-state index contributed by atoms with van der Waals surface area (Å²) in [5, 5.41) is 16.0. The molecular weight excluding hydrogens is 310 g/mol. The quantitative estimate of drug-likeness (QED) is 0.784. The Morgan fingerprint density at radius 2 is 2.17 bits per heavy atom. The van der Waals surface area contributed by atoms with Crippen molar-refractivity contribution in [3.05, 3.63) is 23.3 Å². The van der Waals surface area contributed by atoms with Gasteiger partial charge in [0.2, 0.25) is 5.91 Å². The molecule has 3 rings (SSSR count). The van der Waals surface area contributed by atoms with Crippen molar-refractivity contribution in [3.8, 4) is 0 Å². The van der Waals surface area contributed by atoms with Gasteiger partial charge in [-0.25, -0.2) is 14.3 Å². The van der Waals surface area contributed by atoms with Crippen LogP contribution < -0.4 is 5.32 Å². The van der Waals surface area contributed by atoms with Gasteiger partial charge >= 0.3 is 5.97 Å². The third-order valence-corrected chi connectivity index (χ3v) is 4.49. The molecule has 1 atom stereocenters. The lowest BCUT2D eigenvalue weighted by Crippen LogP contribution is -2.41. The predicted molar refractivity (Wildman–Crippen MR) is 85.5 cm³/mol. The zero-order valence-electron chi connectivity index (χ0n) is 13.8. The fourth-order valence-corrected chi connectivity index (χ4v) is 2.93. The number of aromatic nitrogens is 4. The van der Waals surface area contributed by atoms with E-state index in [2.05, 4.69) is 20.4 Å². The van der Waals surface area contributed by atoms with Gasteiger partial charge in [0.05, 0.1) is 0 Å². The summed E-state index contributed by atoms with van der Waals surface area (Å²) in [6, 6.07) is -0.789. The van der Waals surface area contributed by atoms with Crippen molar-refractivity contribution in [3.63, 3.8) is 0 Å². The van der Waals surface area contributed by atoms with Crippen molar-refractivity contribution in [2.75, 3.05) is 0 Å². The van der Waals surface area contributed by atoms with E-state index >= 15 is 0 Å². The Labute approximate surface area is 139 Å². The SMILES string of the molecule is Cc1nc2ncnn2c(C)c1CCC(=O)NC(CC1CC1)C(=O)O. The van der Waals surface area contributed by atoms with E-state index in [1.807, 2.05) is 13.8 Å². The number of amides is 1. The Morgan fingerprint density at radius 1 is 1.42 bits per heavy atom. The lowest BCUT2D eigenvalue weighted by molar-refractivity contribution is -0.142. The van der Waals surface area contributed by atoms with E-state index in [1.54, 1.807) is 4.52 Å². The number of hydrogen-bond acceptors (Lipinski definition) is 5. The Bertz CT molecular complexity index is 781. The molecule has 0 bridgehead atoms. The number of carbonyl (C=O) groups is 2.